The molecular formula is C20H21ClN4O3S. The molecule has 0 saturated heterocycles. The largest absolute Gasteiger partial charge is 0.352 e. The average molecular weight is 433 g/mol. The fourth-order valence-corrected chi connectivity index (χ4v) is 3.98. The molecule has 152 valence electrons. The van der Waals surface area contributed by atoms with Gasteiger partial charge in [-0.1, -0.05) is 23.7 Å². The van der Waals surface area contributed by atoms with Crippen LogP contribution in [0.15, 0.2) is 65.8 Å². The van der Waals surface area contributed by atoms with Crippen LogP contribution in [0.25, 0.3) is 0 Å². The van der Waals surface area contributed by atoms with Gasteiger partial charge in [0, 0.05) is 30.5 Å². The van der Waals surface area contributed by atoms with Crippen molar-refractivity contribution >= 4 is 33.2 Å². The van der Waals surface area contributed by atoms with Gasteiger partial charge in [0.1, 0.15) is 5.82 Å². The predicted octanol–water partition coefficient (Wildman–Crippen LogP) is 3.47. The summed E-state index contributed by atoms with van der Waals surface area (Å²) < 4.78 is 29.7. The lowest BCUT2D eigenvalue weighted by molar-refractivity contribution is 0.0953. The number of benzene rings is 2. The minimum Gasteiger partial charge on any atom is -0.352 e. The van der Waals surface area contributed by atoms with E-state index in [2.05, 4.69) is 15.0 Å². The number of anilines is 1. The summed E-state index contributed by atoms with van der Waals surface area (Å²) in [6, 6.07) is 12.3. The number of hydrogen-bond donors (Lipinski definition) is 2. The van der Waals surface area contributed by atoms with Gasteiger partial charge in [-0.3, -0.25) is 9.52 Å². The highest BCUT2D eigenvalue weighted by Gasteiger charge is 2.18. The van der Waals surface area contributed by atoms with Gasteiger partial charge in [0.25, 0.3) is 15.9 Å². The van der Waals surface area contributed by atoms with E-state index in [9.17, 15) is 13.2 Å². The third-order valence-corrected chi connectivity index (χ3v) is 5.96. The van der Waals surface area contributed by atoms with E-state index in [1.165, 1.54) is 24.3 Å². The number of nitrogens with one attached hydrogen (secondary N) is 2. The molecule has 0 radical (unpaired) electrons. The highest BCUT2D eigenvalue weighted by atomic mass is 35.5. The van der Waals surface area contributed by atoms with Gasteiger partial charge >= 0.3 is 0 Å². The van der Waals surface area contributed by atoms with Crippen molar-refractivity contribution in [1.82, 2.24) is 14.9 Å². The van der Waals surface area contributed by atoms with Crippen LogP contribution in [0.2, 0.25) is 5.02 Å². The Bertz CT molecular complexity index is 1090. The Balaban J connectivity index is 1.65. The number of carbonyl (C=O) groups excluding carboxylic acids is 1. The smallest absolute Gasteiger partial charge is 0.261 e. The second-order valence-corrected chi connectivity index (χ2v) is 8.50. The fourth-order valence-electron chi connectivity index (χ4n) is 2.77. The summed E-state index contributed by atoms with van der Waals surface area (Å²) in [6.07, 6.45) is 4.34. The quantitative estimate of drug-likeness (QED) is 0.533. The van der Waals surface area contributed by atoms with Gasteiger partial charge in [0.15, 0.2) is 0 Å². The van der Waals surface area contributed by atoms with E-state index in [-0.39, 0.29) is 22.1 Å². The van der Waals surface area contributed by atoms with E-state index in [4.69, 9.17) is 11.6 Å². The zero-order valence-corrected chi connectivity index (χ0v) is 17.4. The van der Waals surface area contributed by atoms with Crippen LogP contribution in [-0.2, 0) is 16.6 Å². The molecule has 0 aliphatic carbocycles. The van der Waals surface area contributed by atoms with Gasteiger partial charge in [-0.05, 0) is 49.7 Å². The maximum atomic E-state index is 12.6. The number of carbonyl (C=O) groups is 1. The lowest BCUT2D eigenvalue weighted by Gasteiger charge is -2.13. The summed E-state index contributed by atoms with van der Waals surface area (Å²) >= 11 is 5.82. The zero-order chi connectivity index (χ0) is 20.9. The number of sulfonamides is 1. The summed E-state index contributed by atoms with van der Waals surface area (Å²) in [5.41, 5.74) is 0.467. The lowest BCUT2D eigenvalue weighted by Crippen LogP contribution is -2.27. The topological polar surface area (TPSA) is 93.1 Å². The Kier molecular flexibility index (Phi) is 6.56. The van der Waals surface area contributed by atoms with Crippen molar-refractivity contribution in [2.24, 2.45) is 0 Å². The first kappa shape index (κ1) is 20.9. The van der Waals surface area contributed by atoms with Crippen molar-refractivity contribution < 1.29 is 13.2 Å². The van der Waals surface area contributed by atoms with Gasteiger partial charge in [0.05, 0.1) is 16.1 Å². The van der Waals surface area contributed by atoms with Crippen LogP contribution in [0.1, 0.15) is 22.6 Å². The maximum Gasteiger partial charge on any atom is 0.261 e. The standard InChI is InChI=1S/C20H21ClN4O3S/c1-15-22-12-14-25(15)13-4-11-23-20(26)18-5-2-3-6-19(18)24-29(27,28)17-9-7-16(21)8-10-17/h2-3,5-10,12,14,24H,4,11,13H2,1H3,(H,23,26). The number of para-hydroxylation sites is 1. The van der Waals surface area contributed by atoms with E-state index < -0.39 is 10.0 Å². The van der Waals surface area contributed by atoms with Gasteiger partial charge in [-0.15, -0.1) is 0 Å². The predicted molar refractivity (Wildman–Crippen MR) is 113 cm³/mol. The monoisotopic (exact) mass is 432 g/mol. The lowest BCUT2D eigenvalue weighted by atomic mass is 10.1. The molecule has 1 amide bonds. The molecule has 0 saturated carbocycles. The van der Waals surface area contributed by atoms with Crippen molar-refractivity contribution in [3.63, 3.8) is 0 Å². The summed E-state index contributed by atoms with van der Waals surface area (Å²) in [7, 11) is -3.84. The Hall–Kier alpha value is -2.84. The molecule has 1 heterocycles. The Morgan fingerprint density at radius 3 is 2.55 bits per heavy atom. The number of nitrogens with zero attached hydrogens (tertiary/aromatic N) is 2. The molecule has 0 spiro atoms. The SMILES string of the molecule is Cc1nccn1CCCNC(=O)c1ccccc1NS(=O)(=O)c1ccc(Cl)cc1. The average Bonchev–Trinajstić information content (AvgIpc) is 3.10. The first-order valence-corrected chi connectivity index (χ1v) is 10.9. The third-order valence-electron chi connectivity index (χ3n) is 4.32. The number of hydrogen-bond acceptors (Lipinski definition) is 4. The molecule has 0 bridgehead atoms. The molecule has 2 N–H and O–H groups in total. The van der Waals surface area contributed by atoms with E-state index in [1.54, 1.807) is 30.5 Å². The minimum absolute atomic E-state index is 0.0628. The van der Waals surface area contributed by atoms with Crippen LogP contribution in [0, 0.1) is 6.92 Å². The second-order valence-electron chi connectivity index (χ2n) is 6.38. The molecule has 1 aromatic heterocycles. The maximum absolute atomic E-state index is 12.6. The molecule has 29 heavy (non-hydrogen) atoms. The number of rotatable bonds is 8. The molecule has 0 unspecified atom stereocenters. The Morgan fingerprint density at radius 2 is 1.86 bits per heavy atom. The number of halogens is 1. The van der Waals surface area contributed by atoms with Crippen LogP contribution in [0.5, 0.6) is 0 Å². The fraction of sp³-hybridized carbons (Fsp3) is 0.200. The van der Waals surface area contributed by atoms with Crippen LogP contribution in [0.3, 0.4) is 0 Å². The van der Waals surface area contributed by atoms with Crippen LogP contribution < -0.4 is 10.0 Å². The third kappa shape index (κ3) is 5.36. The van der Waals surface area contributed by atoms with Crippen LogP contribution in [-0.4, -0.2) is 30.4 Å². The first-order chi connectivity index (χ1) is 13.9. The summed E-state index contributed by atoms with van der Waals surface area (Å²) in [5.74, 6) is 0.569. The zero-order valence-electron chi connectivity index (χ0n) is 15.8. The van der Waals surface area contributed by atoms with Crippen molar-refractivity contribution in [2.45, 2.75) is 24.8 Å². The van der Waals surface area contributed by atoms with Crippen LogP contribution in [0.4, 0.5) is 5.69 Å². The van der Waals surface area contributed by atoms with Gasteiger partial charge in [0.2, 0.25) is 0 Å². The molecule has 0 atom stereocenters. The number of aromatic nitrogens is 2. The minimum atomic E-state index is -3.84. The molecule has 0 fully saturated rings. The van der Waals surface area contributed by atoms with E-state index in [0.717, 1.165) is 18.8 Å². The van der Waals surface area contributed by atoms with Crippen molar-refractivity contribution in [2.75, 3.05) is 11.3 Å². The van der Waals surface area contributed by atoms with Crippen molar-refractivity contribution in [3.05, 3.63) is 77.3 Å². The normalized spacial score (nSPS) is 11.2. The number of imidazole rings is 1. The Morgan fingerprint density at radius 1 is 1.14 bits per heavy atom. The van der Waals surface area contributed by atoms with Gasteiger partial charge in [-0.25, -0.2) is 13.4 Å². The highest BCUT2D eigenvalue weighted by molar-refractivity contribution is 7.92. The van der Waals surface area contributed by atoms with E-state index >= 15 is 0 Å². The molecular weight excluding hydrogens is 412 g/mol. The van der Waals surface area contributed by atoms with Crippen LogP contribution >= 0.6 is 11.6 Å². The Labute approximate surface area is 174 Å². The number of aryl methyl sites for hydroxylation is 2. The van der Waals surface area contributed by atoms with Gasteiger partial charge < -0.3 is 9.88 Å². The molecule has 3 rings (SSSR count). The summed E-state index contributed by atoms with van der Waals surface area (Å²) in [5, 5.41) is 3.27. The summed E-state index contributed by atoms with van der Waals surface area (Å²) in [6.45, 7) is 3.10. The molecule has 2 aromatic carbocycles. The molecule has 9 heteroatoms. The second kappa shape index (κ2) is 9.11. The molecule has 0 aliphatic rings. The van der Waals surface area contributed by atoms with E-state index in [0.29, 0.717) is 11.6 Å². The first-order valence-electron chi connectivity index (χ1n) is 9.00. The molecule has 3 aromatic rings. The van der Waals surface area contributed by atoms with E-state index in [1.807, 2.05) is 17.7 Å². The van der Waals surface area contributed by atoms with Crippen molar-refractivity contribution in [3.8, 4) is 0 Å². The molecule has 0 aliphatic heterocycles. The highest BCUT2D eigenvalue weighted by Crippen LogP contribution is 2.21. The number of amides is 1. The van der Waals surface area contributed by atoms with Crippen molar-refractivity contribution in [1.29, 1.82) is 0 Å². The summed E-state index contributed by atoms with van der Waals surface area (Å²) in [4.78, 5) is 16.8. The van der Waals surface area contributed by atoms with Gasteiger partial charge in [-0.2, -0.15) is 0 Å². The molecule has 7 nitrogen and oxygen atoms in total.